The Balaban J connectivity index is 2.02. The highest BCUT2D eigenvalue weighted by atomic mass is 79.9. The Morgan fingerprint density at radius 3 is 2.89 bits per heavy atom. The Bertz CT molecular complexity index is 414. The van der Waals surface area contributed by atoms with E-state index in [0.29, 0.717) is 0 Å². The van der Waals surface area contributed by atoms with Crippen molar-refractivity contribution in [3.05, 3.63) is 15.9 Å². The van der Waals surface area contributed by atoms with Crippen molar-refractivity contribution >= 4 is 15.9 Å². The largest absolute Gasteiger partial charge is 0.319 e. The first-order valence-electron chi connectivity index (χ1n) is 7.22. The summed E-state index contributed by atoms with van der Waals surface area (Å²) in [5.74, 6) is 0.788. The molecule has 5 heteroatoms. The predicted molar refractivity (Wildman–Crippen MR) is 82.2 cm³/mol. The number of nitrogens with one attached hydrogen (secondary N) is 1. The van der Waals surface area contributed by atoms with Crippen LogP contribution in [-0.4, -0.2) is 41.4 Å². The number of likely N-dealkylation sites (tertiary alicyclic amines) is 1. The summed E-state index contributed by atoms with van der Waals surface area (Å²) in [6, 6.07) is 0. The van der Waals surface area contributed by atoms with E-state index in [0.717, 1.165) is 25.4 Å². The molecule has 1 unspecified atom stereocenters. The van der Waals surface area contributed by atoms with Crippen LogP contribution in [0.5, 0.6) is 0 Å². The molecule has 0 bridgehead atoms. The van der Waals surface area contributed by atoms with Gasteiger partial charge in [-0.05, 0) is 61.2 Å². The lowest BCUT2D eigenvalue weighted by molar-refractivity contribution is 0.163. The summed E-state index contributed by atoms with van der Waals surface area (Å²) >= 11 is 3.71. The number of nitrogens with zero attached hydrogens (tertiary/aromatic N) is 3. The van der Waals surface area contributed by atoms with E-state index in [4.69, 9.17) is 0 Å². The maximum atomic E-state index is 4.58. The van der Waals surface area contributed by atoms with Crippen LogP contribution in [0, 0.1) is 5.92 Å². The van der Waals surface area contributed by atoms with Gasteiger partial charge in [-0.15, -0.1) is 0 Å². The lowest BCUT2D eigenvalue weighted by atomic mass is 9.98. The molecule has 1 N–H and O–H groups in total. The van der Waals surface area contributed by atoms with Crippen LogP contribution in [0.3, 0.4) is 0 Å². The van der Waals surface area contributed by atoms with Crippen LogP contribution in [0.15, 0.2) is 4.47 Å². The molecule has 0 radical (unpaired) electrons. The molecule has 0 amide bonds. The number of piperidine rings is 1. The predicted octanol–water partition coefficient (Wildman–Crippen LogP) is 2.18. The van der Waals surface area contributed by atoms with Gasteiger partial charge in [-0.25, -0.2) is 0 Å². The third-order valence-corrected chi connectivity index (χ3v) is 4.89. The van der Waals surface area contributed by atoms with Gasteiger partial charge in [0, 0.05) is 20.1 Å². The molecule has 1 aromatic heterocycles. The molecule has 1 aliphatic rings. The summed E-state index contributed by atoms with van der Waals surface area (Å²) < 4.78 is 3.23. The van der Waals surface area contributed by atoms with Crippen LogP contribution in [0.1, 0.15) is 31.2 Å². The monoisotopic (exact) mass is 328 g/mol. The van der Waals surface area contributed by atoms with Crippen LogP contribution in [0.4, 0.5) is 0 Å². The van der Waals surface area contributed by atoms with Crippen molar-refractivity contribution in [2.75, 3.05) is 26.7 Å². The molecule has 0 spiro atoms. The number of halogens is 1. The minimum atomic E-state index is 0.788. The third-order valence-electron chi connectivity index (χ3n) is 3.97. The van der Waals surface area contributed by atoms with Gasteiger partial charge in [0.05, 0.1) is 15.9 Å². The molecule has 1 saturated heterocycles. The smallest absolute Gasteiger partial charge is 0.0767 e. The topological polar surface area (TPSA) is 33.1 Å². The van der Waals surface area contributed by atoms with E-state index in [2.05, 4.69) is 38.2 Å². The molecule has 1 aromatic rings. The lowest BCUT2D eigenvalue weighted by Gasteiger charge is -2.32. The van der Waals surface area contributed by atoms with Crippen LogP contribution in [0.25, 0.3) is 0 Å². The summed E-state index contributed by atoms with van der Waals surface area (Å²) in [6.07, 6.45) is 3.64. The molecule has 1 atom stereocenters. The Labute approximate surface area is 124 Å². The summed E-state index contributed by atoms with van der Waals surface area (Å²) in [7, 11) is 4.10. The zero-order valence-corrected chi connectivity index (χ0v) is 13.8. The van der Waals surface area contributed by atoms with Gasteiger partial charge in [0.25, 0.3) is 0 Å². The first-order chi connectivity index (χ1) is 9.15. The maximum Gasteiger partial charge on any atom is 0.0767 e. The number of aromatic nitrogens is 2. The molecule has 2 heterocycles. The molecular formula is C14H25BrN4. The van der Waals surface area contributed by atoms with E-state index >= 15 is 0 Å². The minimum absolute atomic E-state index is 0.788. The molecule has 0 saturated carbocycles. The molecule has 1 fully saturated rings. The summed E-state index contributed by atoms with van der Waals surface area (Å²) in [5.41, 5.74) is 2.48. The highest BCUT2D eigenvalue weighted by molar-refractivity contribution is 9.10. The van der Waals surface area contributed by atoms with Crippen molar-refractivity contribution in [3.8, 4) is 0 Å². The quantitative estimate of drug-likeness (QED) is 0.899. The molecule has 1 aliphatic heterocycles. The standard InChI is InChI=1S/C14H25BrN4/c1-4-12-14(15)13(18(3)17-12)10-19-7-5-6-11(9-19)8-16-2/h11,16H,4-10H2,1-3H3. The number of hydrogen-bond acceptors (Lipinski definition) is 3. The first-order valence-corrected chi connectivity index (χ1v) is 8.02. The summed E-state index contributed by atoms with van der Waals surface area (Å²) in [6.45, 7) is 6.69. The van der Waals surface area contributed by atoms with Crippen LogP contribution < -0.4 is 5.32 Å². The number of aryl methyl sites for hydroxylation is 2. The molecule has 0 aliphatic carbocycles. The van der Waals surface area contributed by atoms with Gasteiger partial charge in [-0.1, -0.05) is 6.92 Å². The van der Waals surface area contributed by atoms with E-state index in [1.54, 1.807) is 0 Å². The lowest BCUT2D eigenvalue weighted by Crippen LogP contribution is -2.38. The van der Waals surface area contributed by atoms with Crippen LogP contribution in [0.2, 0.25) is 0 Å². The average molecular weight is 329 g/mol. The fourth-order valence-electron chi connectivity index (χ4n) is 2.95. The highest BCUT2D eigenvalue weighted by Gasteiger charge is 2.22. The number of rotatable bonds is 5. The van der Waals surface area contributed by atoms with Crippen LogP contribution in [-0.2, 0) is 20.0 Å². The summed E-state index contributed by atoms with van der Waals surface area (Å²) in [4.78, 5) is 2.56. The molecule has 108 valence electrons. The average Bonchev–Trinajstić information content (AvgIpc) is 2.67. The molecule has 2 rings (SSSR count). The SMILES string of the molecule is CCc1nn(C)c(CN2CCCC(CNC)C2)c1Br. The van der Waals surface area contributed by atoms with E-state index in [-0.39, 0.29) is 0 Å². The van der Waals surface area contributed by atoms with Crippen molar-refractivity contribution in [2.45, 2.75) is 32.7 Å². The van der Waals surface area contributed by atoms with Gasteiger partial charge >= 0.3 is 0 Å². The van der Waals surface area contributed by atoms with E-state index < -0.39 is 0 Å². The molecule has 19 heavy (non-hydrogen) atoms. The van der Waals surface area contributed by atoms with Crippen molar-refractivity contribution in [1.82, 2.24) is 20.0 Å². The second kappa shape index (κ2) is 6.86. The fraction of sp³-hybridized carbons (Fsp3) is 0.786. The Kier molecular flexibility index (Phi) is 5.42. The number of hydrogen-bond donors (Lipinski definition) is 1. The van der Waals surface area contributed by atoms with E-state index in [1.807, 2.05) is 18.8 Å². The fourth-order valence-corrected chi connectivity index (χ4v) is 3.70. The van der Waals surface area contributed by atoms with Gasteiger partial charge in [-0.3, -0.25) is 9.58 Å². The van der Waals surface area contributed by atoms with Crippen molar-refractivity contribution in [1.29, 1.82) is 0 Å². The van der Waals surface area contributed by atoms with E-state index in [1.165, 1.54) is 41.8 Å². The Hall–Kier alpha value is -0.390. The van der Waals surface area contributed by atoms with Crippen molar-refractivity contribution in [2.24, 2.45) is 13.0 Å². The molecule has 0 aromatic carbocycles. The zero-order valence-electron chi connectivity index (χ0n) is 12.2. The molecule has 4 nitrogen and oxygen atoms in total. The van der Waals surface area contributed by atoms with Crippen LogP contribution >= 0.6 is 15.9 Å². The van der Waals surface area contributed by atoms with Gasteiger partial charge in [-0.2, -0.15) is 5.10 Å². The Morgan fingerprint density at radius 1 is 1.47 bits per heavy atom. The first kappa shape index (κ1) is 15.0. The van der Waals surface area contributed by atoms with E-state index in [9.17, 15) is 0 Å². The maximum absolute atomic E-state index is 4.58. The minimum Gasteiger partial charge on any atom is -0.319 e. The van der Waals surface area contributed by atoms with Gasteiger partial charge in [0.1, 0.15) is 0 Å². The van der Waals surface area contributed by atoms with Gasteiger partial charge in [0.15, 0.2) is 0 Å². The third kappa shape index (κ3) is 3.58. The zero-order chi connectivity index (χ0) is 13.8. The normalized spacial score (nSPS) is 20.9. The Morgan fingerprint density at radius 2 is 2.26 bits per heavy atom. The molecular weight excluding hydrogens is 304 g/mol. The second-order valence-electron chi connectivity index (χ2n) is 5.49. The highest BCUT2D eigenvalue weighted by Crippen LogP contribution is 2.25. The van der Waals surface area contributed by atoms with Gasteiger partial charge in [0.2, 0.25) is 0 Å². The van der Waals surface area contributed by atoms with Gasteiger partial charge < -0.3 is 5.32 Å². The van der Waals surface area contributed by atoms with Crippen molar-refractivity contribution < 1.29 is 0 Å². The second-order valence-corrected chi connectivity index (χ2v) is 6.28. The van der Waals surface area contributed by atoms with Crippen molar-refractivity contribution in [3.63, 3.8) is 0 Å². The summed E-state index contributed by atoms with van der Waals surface area (Å²) in [5, 5.41) is 7.88.